The van der Waals surface area contributed by atoms with Crippen LogP contribution in [0, 0.1) is 0 Å². The molecule has 0 aliphatic carbocycles. The lowest BCUT2D eigenvalue weighted by Gasteiger charge is -2.39. The molecular formula is C68H85N7O28. The summed E-state index contributed by atoms with van der Waals surface area (Å²) in [4.78, 5) is 94.2. The van der Waals surface area contributed by atoms with E-state index >= 15 is 0 Å². The number of aliphatic hydroxyl groups excluding tert-OH is 10. The topological polar surface area (TPSA) is 479 Å². The first-order valence-corrected chi connectivity index (χ1v) is 33.0. The lowest BCUT2D eigenvalue weighted by molar-refractivity contribution is -0.277. The lowest BCUT2D eigenvalue weighted by atomic mass is 9.99. The molecule has 14 atom stereocenters. The number of nitrogens with zero attached hydrogens (tertiary/aromatic N) is 4. The maximum absolute atomic E-state index is 14.5. The summed E-state index contributed by atoms with van der Waals surface area (Å²) in [6.07, 6.45) is -20.7. The van der Waals surface area contributed by atoms with Gasteiger partial charge in [-0.1, -0.05) is 36.4 Å². The molecule has 4 aromatic carbocycles. The minimum Gasteiger partial charge on any atom is -0.493 e. The smallest absolute Gasteiger partial charge is 0.416 e. The van der Waals surface area contributed by atoms with Gasteiger partial charge in [0, 0.05) is 45.4 Å². The van der Waals surface area contributed by atoms with E-state index in [-0.39, 0.29) is 145 Å². The van der Waals surface area contributed by atoms with Crippen LogP contribution in [0.25, 0.3) is 0 Å². The standard InChI is InChI=1S/C68H85N7O28/c1-33-19-43-63(88)74(67(90)97-31-35-9-11-45(39(21-35)59(84)70-13-17-92-3)100-65-57(82)55(80)53(78)51(29-76)102-65)41-25-49(47(93-4)23-37(41)61(86)72(43)27-33)95-15-7-6-8-16-96-50-26-42-38(24-48(50)94-5)62(87)73-28-34(2)20-44(73)64(89)75(42)68(91)98-32-36-10-12-46(40(22-36)60(85)71-14-18-99-69)101-66-58(83)56(81)54(79)52(30-77)103-66/h9-12,21-26,43-44,51-58,63-66,76-83,88-89H,1-2,6-8,13-20,27-32,69H2,3-5H3,(H,70,84)(H,71,85)/t43-,44-,51+,52+,53-,54+,55-,56-,57+,58+,63?,64?,65+,66+/m0/s1. The van der Waals surface area contributed by atoms with Crippen LogP contribution in [0.15, 0.2) is 85.0 Å². The Balaban J connectivity index is 0.820. The Hall–Kier alpha value is -9.02. The highest BCUT2D eigenvalue weighted by Crippen LogP contribution is 2.45. The zero-order chi connectivity index (χ0) is 74.1. The van der Waals surface area contributed by atoms with Crippen LogP contribution in [-0.4, -0.2) is 270 Å². The molecule has 0 radical (unpaired) electrons. The number of ether oxygens (including phenoxy) is 11. The van der Waals surface area contributed by atoms with Gasteiger partial charge in [-0.3, -0.25) is 19.2 Å². The summed E-state index contributed by atoms with van der Waals surface area (Å²) in [7, 11) is 4.14. The van der Waals surface area contributed by atoms with Crippen LogP contribution >= 0.6 is 0 Å². The molecule has 6 aliphatic heterocycles. The second-order valence-corrected chi connectivity index (χ2v) is 25.1. The van der Waals surface area contributed by atoms with Crippen LogP contribution in [-0.2, 0) is 41.7 Å². The fourth-order valence-corrected chi connectivity index (χ4v) is 12.7. The Labute approximate surface area is 589 Å². The van der Waals surface area contributed by atoms with Crippen LogP contribution in [0.2, 0.25) is 0 Å². The van der Waals surface area contributed by atoms with Crippen molar-refractivity contribution in [3.8, 4) is 34.5 Å². The number of methoxy groups -OCH3 is 3. The molecule has 6 aliphatic rings. The number of benzene rings is 4. The second-order valence-electron chi connectivity index (χ2n) is 25.1. The number of amides is 6. The second kappa shape index (κ2) is 34.1. The summed E-state index contributed by atoms with van der Waals surface area (Å²) in [6.45, 7) is 5.76. The Bertz CT molecular complexity index is 3530. The van der Waals surface area contributed by atoms with Crippen molar-refractivity contribution in [1.29, 1.82) is 0 Å². The zero-order valence-electron chi connectivity index (χ0n) is 56.5. The van der Waals surface area contributed by atoms with E-state index in [1.54, 1.807) is 0 Å². The average Bonchev–Trinajstić information content (AvgIpc) is 1.65. The number of nitrogens with two attached hydrogens (primary N) is 1. The molecule has 0 aromatic heterocycles. The SMILES string of the molecule is C=C1C[C@H]2C(O)N(C(=O)OCc3ccc(O[C@@H]4O[C@H](CO)[C@@H](O)[C@H](O)[C@H]4O)c(C(=O)NCCON)c3)c3cc(OCCCCCOc4cc5c(cc4OC)C(=O)N4CC(=C)C[C@H]4C(O)N5C(=O)OCc4ccc(O[C@@H]5O[C@H](CO)[C@H](O)[C@H](O)[C@H]5O)c(C(=O)NCCOC)c4)c(OC)cc3C(=O)N2C1. The summed E-state index contributed by atoms with van der Waals surface area (Å²) < 4.78 is 63.3. The van der Waals surface area contributed by atoms with E-state index in [1.165, 1.54) is 91.8 Å². The predicted molar refractivity (Wildman–Crippen MR) is 354 cm³/mol. The van der Waals surface area contributed by atoms with Gasteiger partial charge in [0.15, 0.2) is 35.5 Å². The van der Waals surface area contributed by atoms with Gasteiger partial charge in [-0.25, -0.2) is 25.3 Å². The molecule has 4 aromatic rings. The number of carbonyl (C=O) groups is 6. The molecule has 2 unspecified atom stereocenters. The van der Waals surface area contributed by atoms with Crippen molar-refractivity contribution in [1.82, 2.24) is 20.4 Å². The lowest BCUT2D eigenvalue weighted by Crippen LogP contribution is -2.60. The Kier molecular flexibility index (Phi) is 25.3. The molecule has 0 spiro atoms. The van der Waals surface area contributed by atoms with Crippen molar-refractivity contribution >= 4 is 47.2 Å². The highest BCUT2D eigenvalue weighted by atomic mass is 16.7. The van der Waals surface area contributed by atoms with Gasteiger partial charge in [-0.05, 0) is 79.6 Å². The van der Waals surface area contributed by atoms with Gasteiger partial charge in [0.1, 0.15) is 73.5 Å². The predicted octanol–water partition coefficient (Wildman–Crippen LogP) is -0.823. The van der Waals surface area contributed by atoms with Crippen LogP contribution in [0.3, 0.4) is 0 Å². The highest BCUT2D eigenvalue weighted by molar-refractivity contribution is 6.07. The molecular weight excluding hydrogens is 1360 g/mol. The fourth-order valence-electron chi connectivity index (χ4n) is 12.7. The van der Waals surface area contributed by atoms with Crippen molar-refractivity contribution in [2.45, 2.75) is 131 Å². The Morgan fingerprint density at radius 3 is 1.34 bits per heavy atom. The summed E-state index contributed by atoms with van der Waals surface area (Å²) in [5, 5.41) is 112. The third kappa shape index (κ3) is 16.7. The number of anilines is 2. The first kappa shape index (κ1) is 76.6. The van der Waals surface area contributed by atoms with Crippen molar-refractivity contribution in [2.75, 3.05) is 96.9 Å². The third-order valence-electron chi connectivity index (χ3n) is 18.1. The van der Waals surface area contributed by atoms with Gasteiger partial charge < -0.3 is 128 Å². The van der Waals surface area contributed by atoms with E-state index in [1.807, 2.05) is 0 Å². The van der Waals surface area contributed by atoms with Crippen LogP contribution in [0.5, 0.6) is 34.5 Å². The minimum atomic E-state index is -1.83. The van der Waals surface area contributed by atoms with Gasteiger partial charge in [0.05, 0.1) is 99.6 Å². The molecule has 0 bridgehead atoms. The third-order valence-corrected chi connectivity index (χ3v) is 18.1. The Morgan fingerprint density at radius 1 is 0.534 bits per heavy atom. The Morgan fingerprint density at radius 2 is 0.951 bits per heavy atom. The molecule has 4 saturated heterocycles. The van der Waals surface area contributed by atoms with E-state index in [2.05, 4.69) is 28.6 Å². The number of hydrogen-bond donors (Lipinski definition) is 13. The molecule has 4 fully saturated rings. The van der Waals surface area contributed by atoms with Crippen molar-refractivity contribution in [3.05, 3.63) is 118 Å². The summed E-state index contributed by atoms with van der Waals surface area (Å²) in [5.74, 6) is 2.62. The number of hydrogen-bond acceptors (Lipinski definition) is 29. The minimum absolute atomic E-state index is 0.0428. The molecule has 6 amide bonds. The quantitative estimate of drug-likeness (QED) is 0.0188. The van der Waals surface area contributed by atoms with Gasteiger partial charge in [-0.2, -0.15) is 0 Å². The zero-order valence-corrected chi connectivity index (χ0v) is 56.5. The van der Waals surface area contributed by atoms with Gasteiger partial charge in [0.25, 0.3) is 23.6 Å². The summed E-state index contributed by atoms with van der Waals surface area (Å²) in [6, 6.07) is 11.6. The fraction of sp³-hybridized carbons (Fsp3) is 0.500. The molecule has 103 heavy (non-hydrogen) atoms. The van der Waals surface area contributed by atoms with E-state index in [0.29, 0.717) is 30.4 Å². The molecule has 10 rings (SSSR count). The van der Waals surface area contributed by atoms with Crippen molar-refractivity contribution in [3.63, 3.8) is 0 Å². The van der Waals surface area contributed by atoms with E-state index in [4.69, 9.17) is 58.0 Å². The van der Waals surface area contributed by atoms with Crippen LogP contribution in [0.4, 0.5) is 21.0 Å². The monoisotopic (exact) mass is 1450 g/mol. The normalized spacial score (nSPS) is 25.9. The summed E-state index contributed by atoms with van der Waals surface area (Å²) in [5.41, 5.74) is 1.05. The first-order valence-electron chi connectivity index (χ1n) is 33.0. The van der Waals surface area contributed by atoms with Gasteiger partial charge in [0.2, 0.25) is 12.6 Å². The maximum atomic E-state index is 14.5. The van der Waals surface area contributed by atoms with Crippen LogP contribution in [0.1, 0.15) is 84.7 Å². The number of unbranched alkanes of at least 4 members (excludes halogenated alkanes) is 2. The first-order chi connectivity index (χ1) is 49.4. The number of rotatable bonds is 28. The maximum Gasteiger partial charge on any atom is 0.416 e. The molecule has 35 nitrogen and oxygen atoms in total. The number of carbonyl (C=O) groups excluding carboxylic acids is 6. The molecule has 35 heteroatoms. The summed E-state index contributed by atoms with van der Waals surface area (Å²) >= 11 is 0. The number of fused-ring (bicyclic) bond motifs is 4. The molecule has 560 valence electrons. The average molecular weight is 1450 g/mol. The number of aliphatic hydroxyl groups is 10. The van der Waals surface area contributed by atoms with E-state index < -0.39 is 148 Å². The molecule has 14 N–H and O–H groups in total. The van der Waals surface area contributed by atoms with Gasteiger partial charge in [-0.15, -0.1) is 0 Å². The van der Waals surface area contributed by atoms with Crippen molar-refractivity contribution < 1.29 is 137 Å². The molecule has 6 heterocycles. The van der Waals surface area contributed by atoms with Crippen LogP contribution < -0.4 is 54.8 Å². The van der Waals surface area contributed by atoms with Gasteiger partial charge >= 0.3 is 12.2 Å². The highest BCUT2D eigenvalue weighted by Gasteiger charge is 2.50. The number of nitrogens with one attached hydrogen (secondary N) is 2. The molecule has 0 saturated carbocycles. The van der Waals surface area contributed by atoms with E-state index in [0.717, 1.165) is 9.80 Å². The van der Waals surface area contributed by atoms with E-state index in [9.17, 15) is 79.8 Å². The van der Waals surface area contributed by atoms with Crippen molar-refractivity contribution in [2.24, 2.45) is 5.90 Å². The largest absolute Gasteiger partial charge is 0.493 e.